The van der Waals surface area contributed by atoms with E-state index in [1.165, 1.54) is 0 Å². The summed E-state index contributed by atoms with van der Waals surface area (Å²) in [5.41, 5.74) is 0. The van der Waals surface area contributed by atoms with Gasteiger partial charge in [-0.05, 0) is 15.9 Å². The van der Waals surface area contributed by atoms with E-state index < -0.39 is 0 Å². The van der Waals surface area contributed by atoms with Gasteiger partial charge in [0.25, 0.3) is 0 Å². The number of allylic oxidation sites excluding steroid dienone is 1. The van der Waals surface area contributed by atoms with Gasteiger partial charge in [-0.3, -0.25) is 0 Å². The highest BCUT2D eigenvalue weighted by Gasteiger charge is 1.99. The highest BCUT2D eigenvalue weighted by molar-refractivity contribution is 14.1. The minimum atomic E-state index is 0.729. The minimum absolute atomic E-state index is 0.729. The number of halogens is 1. The Morgan fingerprint density at radius 3 is 1.88 bits per heavy atom. The molecule has 1 unspecified atom stereocenters. The third-order valence-electron chi connectivity index (χ3n) is 1.43. The summed E-state index contributed by atoms with van der Waals surface area (Å²) in [7, 11) is 0. The molecule has 0 nitrogen and oxygen atoms in total. The van der Waals surface area contributed by atoms with Crippen LogP contribution in [0.1, 0.15) is 20.8 Å². The molecule has 0 fully saturated rings. The molecule has 0 aliphatic rings. The van der Waals surface area contributed by atoms with Crippen molar-refractivity contribution >= 4 is 22.6 Å². The predicted molar refractivity (Wildman–Crippen MR) is 47.2 cm³/mol. The van der Waals surface area contributed by atoms with Crippen molar-refractivity contribution in [2.24, 2.45) is 11.8 Å². The first-order valence-corrected chi connectivity index (χ1v) is 4.20. The maximum Gasteiger partial charge on any atom is -0.0231 e. The Kier molecular flexibility index (Phi) is 4.61. The van der Waals surface area contributed by atoms with Gasteiger partial charge in [-0.2, -0.15) is 0 Å². The average molecular weight is 224 g/mol. The van der Waals surface area contributed by atoms with Crippen LogP contribution in [-0.4, -0.2) is 0 Å². The summed E-state index contributed by atoms with van der Waals surface area (Å²) >= 11 is 2.26. The molecule has 0 rings (SSSR count). The lowest BCUT2D eigenvalue weighted by atomic mass is 9.99. The molecule has 0 saturated heterocycles. The molecule has 0 saturated carbocycles. The van der Waals surface area contributed by atoms with E-state index in [-0.39, 0.29) is 0 Å². The summed E-state index contributed by atoms with van der Waals surface area (Å²) in [4.78, 5) is 0. The van der Waals surface area contributed by atoms with Crippen LogP contribution >= 0.6 is 22.6 Å². The Morgan fingerprint density at radius 1 is 1.25 bits per heavy atom. The highest BCUT2D eigenvalue weighted by atomic mass is 127. The Hall–Kier alpha value is 0.470. The second-order valence-electron chi connectivity index (χ2n) is 2.42. The van der Waals surface area contributed by atoms with Gasteiger partial charge in [-0.15, -0.1) is 0 Å². The van der Waals surface area contributed by atoms with Crippen LogP contribution in [0.3, 0.4) is 0 Å². The molecule has 0 aliphatic heterocycles. The fourth-order valence-electron chi connectivity index (χ4n) is 0.337. The van der Waals surface area contributed by atoms with Crippen LogP contribution in [0.15, 0.2) is 10.2 Å². The lowest BCUT2D eigenvalue weighted by Gasteiger charge is -2.07. The van der Waals surface area contributed by atoms with E-state index in [0.717, 1.165) is 11.8 Å². The molecule has 0 aromatic carbocycles. The van der Waals surface area contributed by atoms with Crippen LogP contribution in [0.4, 0.5) is 0 Å². The summed E-state index contributed by atoms with van der Waals surface area (Å²) in [6.45, 7) is 6.71. The highest BCUT2D eigenvalue weighted by Crippen LogP contribution is 2.11. The topological polar surface area (TPSA) is 0 Å². The van der Waals surface area contributed by atoms with Crippen molar-refractivity contribution in [3.8, 4) is 0 Å². The van der Waals surface area contributed by atoms with Crippen LogP contribution in [0.5, 0.6) is 0 Å². The number of hydrogen-bond acceptors (Lipinski definition) is 0. The molecule has 48 valence electrons. The normalized spacial score (nSPS) is 15.6. The predicted octanol–water partition coefficient (Wildman–Crippen LogP) is 3.23. The number of hydrogen-bond donors (Lipinski definition) is 0. The Balaban J connectivity index is 3.47. The molecule has 0 aromatic heterocycles. The fourth-order valence-corrected chi connectivity index (χ4v) is 0.992. The van der Waals surface area contributed by atoms with E-state index in [1.54, 1.807) is 0 Å². The van der Waals surface area contributed by atoms with Gasteiger partial charge in [0, 0.05) is 0 Å². The van der Waals surface area contributed by atoms with Crippen LogP contribution < -0.4 is 0 Å². The molecular weight excluding hydrogens is 211 g/mol. The van der Waals surface area contributed by atoms with Gasteiger partial charge in [0.1, 0.15) is 0 Å². The monoisotopic (exact) mass is 224 g/mol. The molecule has 0 heterocycles. The van der Waals surface area contributed by atoms with E-state index in [0.29, 0.717) is 0 Å². The minimum Gasteiger partial charge on any atom is -0.0754 e. The molecule has 0 radical (unpaired) electrons. The second kappa shape index (κ2) is 4.36. The zero-order valence-corrected chi connectivity index (χ0v) is 7.84. The van der Waals surface area contributed by atoms with E-state index in [2.05, 4.69) is 53.5 Å². The Morgan fingerprint density at radius 2 is 1.75 bits per heavy atom. The van der Waals surface area contributed by atoms with Crippen LogP contribution in [0.25, 0.3) is 0 Å². The third kappa shape index (κ3) is 3.47. The van der Waals surface area contributed by atoms with Crippen molar-refractivity contribution in [2.75, 3.05) is 0 Å². The maximum atomic E-state index is 2.26. The van der Waals surface area contributed by atoms with Crippen molar-refractivity contribution < 1.29 is 0 Å². The first-order valence-electron chi connectivity index (χ1n) is 2.95. The van der Waals surface area contributed by atoms with E-state index >= 15 is 0 Å². The van der Waals surface area contributed by atoms with Gasteiger partial charge in [0.15, 0.2) is 0 Å². The van der Waals surface area contributed by atoms with Crippen molar-refractivity contribution in [1.29, 1.82) is 0 Å². The molecular formula is C7H13I. The van der Waals surface area contributed by atoms with Crippen LogP contribution in [0, 0.1) is 11.8 Å². The maximum absolute atomic E-state index is 2.26. The molecule has 8 heavy (non-hydrogen) atoms. The Bertz CT molecular complexity index is 74.5. The zero-order valence-electron chi connectivity index (χ0n) is 5.69. The lowest BCUT2D eigenvalue weighted by molar-refractivity contribution is 0.505. The van der Waals surface area contributed by atoms with Crippen LogP contribution in [0.2, 0.25) is 0 Å². The molecule has 0 bridgehead atoms. The summed E-state index contributed by atoms with van der Waals surface area (Å²) in [6.07, 6.45) is 2.23. The van der Waals surface area contributed by atoms with Crippen molar-refractivity contribution in [1.82, 2.24) is 0 Å². The van der Waals surface area contributed by atoms with Gasteiger partial charge in [-0.1, -0.05) is 49.4 Å². The molecule has 1 atom stereocenters. The van der Waals surface area contributed by atoms with E-state index in [9.17, 15) is 0 Å². The Labute approximate surface area is 65.5 Å². The standard InChI is InChI=1S/C7H13I/c1-6(2)7(3)4-5-8/h4-7H,1-3H3. The smallest absolute Gasteiger partial charge is 0.0231 e. The van der Waals surface area contributed by atoms with Gasteiger partial charge in [0.2, 0.25) is 0 Å². The largest absolute Gasteiger partial charge is 0.0754 e. The average Bonchev–Trinajstić information content (AvgIpc) is 1.67. The summed E-state index contributed by atoms with van der Waals surface area (Å²) in [6, 6.07) is 0. The fraction of sp³-hybridized carbons (Fsp3) is 0.714. The van der Waals surface area contributed by atoms with Gasteiger partial charge in [0.05, 0.1) is 0 Å². The number of rotatable bonds is 2. The SMILES string of the molecule is CC(C)C(C)C=CI. The van der Waals surface area contributed by atoms with Crippen LogP contribution in [-0.2, 0) is 0 Å². The van der Waals surface area contributed by atoms with Gasteiger partial charge in [-0.25, -0.2) is 0 Å². The molecule has 0 N–H and O–H groups in total. The second-order valence-corrected chi connectivity index (χ2v) is 3.14. The van der Waals surface area contributed by atoms with Gasteiger partial charge >= 0.3 is 0 Å². The summed E-state index contributed by atoms with van der Waals surface area (Å²) in [5.74, 6) is 1.51. The van der Waals surface area contributed by atoms with E-state index in [1.807, 2.05) is 0 Å². The molecule has 0 amide bonds. The molecule has 0 spiro atoms. The molecule has 1 heteroatoms. The van der Waals surface area contributed by atoms with E-state index in [4.69, 9.17) is 0 Å². The quantitative estimate of drug-likeness (QED) is 0.631. The van der Waals surface area contributed by atoms with Gasteiger partial charge < -0.3 is 0 Å². The molecule has 0 aliphatic carbocycles. The third-order valence-corrected chi connectivity index (χ3v) is 1.84. The zero-order chi connectivity index (χ0) is 6.57. The van der Waals surface area contributed by atoms with Crippen molar-refractivity contribution in [3.63, 3.8) is 0 Å². The molecule has 0 aromatic rings. The first-order chi connectivity index (χ1) is 3.68. The van der Waals surface area contributed by atoms with Crippen molar-refractivity contribution in [2.45, 2.75) is 20.8 Å². The summed E-state index contributed by atoms with van der Waals surface area (Å²) < 4.78 is 2.09. The first kappa shape index (κ1) is 8.47. The summed E-state index contributed by atoms with van der Waals surface area (Å²) in [5, 5.41) is 0. The lowest BCUT2D eigenvalue weighted by Crippen LogP contribution is -1.98. The van der Waals surface area contributed by atoms with Crippen molar-refractivity contribution in [3.05, 3.63) is 10.2 Å².